The number of nitrogens with zero attached hydrogens (tertiary/aromatic N) is 1. The molecule has 1 aromatic heterocycles. The molecule has 2 heterocycles. The summed E-state index contributed by atoms with van der Waals surface area (Å²) in [6, 6.07) is 15.7. The number of carbonyl (C=O) groups is 1. The van der Waals surface area contributed by atoms with Gasteiger partial charge in [0.2, 0.25) is 0 Å². The third-order valence-corrected chi connectivity index (χ3v) is 5.02. The van der Waals surface area contributed by atoms with E-state index in [1.807, 2.05) is 24.3 Å². The molecular formula is C21H21N3O2. The number of nitrogens with one attached hydrogen (secondary N) is 2. The Bertz CT molecular complexity index is 1040. The lowest BCUT2D eigenvalue weighted by atomic mass is 9.94. The van der Waals surface area contributed by atoms with Gasteiger partial charge in [0.1, 0.15) is 0 Å². The number of pyridine rings is 1. The van der Waals surface area contributed by atoms with Crippen molar-refractivity contribution in [1.82, 2.24) is 15.2 Å². The SMILES string of the molecule is Cn1cc(C(=O)NCC2NCCc3ccccc32)c2ccccc2c1=O. The molecule has 1 amide bonds. The Kier molecular flexibility index (Phi) is 4.31. The summed E-state index contributed by atoms with van der Waals surface area (Å²) in [5.74, 6) is -0.165. The smallest absolute Gasteiger partial charge is 0.258 e. The Labute approximate surface area is 151 Å². The maximum Gasteiger partial charge on any atom is 0.258 e. The van der Waals surface area contributed by atoms with Crippen LogP contribution in [0.3, 0.4) is 0 Å². The van der Waals surface area contributed by atoms with Crippen LogP contribution < -0.4 is 16.2 Å². The average Bonchev–Trinajstić information content (AvgIpc) is 2.69. The number of carbonyl (C=O) groups excluding carboxylic acids is 1. The molecule has 0 saturated heterocycles. The van der Waals surface area contributed by atoms with Gasteiger partial charge in [0.15, 0.2) is 0 Å². The van der Waals surface area contributed by atoms with Gasteiger partial charge in [-0.2, -0.15) is 0 Å². The number of rotatable bonds is 3. The summed E-state index contributed by atoms with van der Waals surface area (Å²) in [5.41, 5.74) is 2.99. The number of aryl methyl sites for hydroxylation is 1. The molecule has 1 unspecified atom stereocenters. The monoisotopic (exact) mass is 347 g/mol. The Morgan fingerprint density at radius 1 is 1.15 bits per heavy atom. The van der Waals surface area contributed by atoms with E-state index in [2.05, 4.69) is 28.8 Å². The van der Waals surface area contributed by atoms with Crippen LogP contribution in [0.5, 0.6) is 0 Å². The second-order valence-electron chi connectivity index (χ2n) is 6.67. The molecule has 1 aliphatic rings. The molecule has 26 heavy (non-hydrogen) atoms. The molecule has 2 aromatic carbocycles. The highest BCUT2D eigenvalue weighted by molar-refractivity contribution is 6.06. The maximum absolute atomic E-state index is 12.8. The van der Waals surface area contributed by atoms with Crippen LogP contribution >= 0.6 is 0 Å². The molecule has 132 valence electrons. The van der Waals surface area contributed by atoms with E-state index >= 15 is 0 Å². The molecule has 1 aliphatic heterocycles. The Morgan fingerprint density at radius 3 is 2.73 bits per heavy atom. The fourth-order valence-corrected chi connectivity index (χ4v) is 3.66. The van der Waals surface area contributed by atoms with Crippen molar-refractivity contribution >= 4 is 16.7 Å². The molecule has 0 radical (unpaired) electrons. The van der Waals surface area contributed by atoms with Gasteiger partial charge in [-0.15, -0.1) is 0 Å². The van der Waals surface area contributed by atoms with Crippen LogP contribution in [0.2, 0.25) is 0 Å². The predicted molar refractivity (Wildman–Crippen MR) is 102 cm³/mol. The minimum Gasteiger partial charge on any atom is -0.350 e. The number of fused-ring (bicyclic) bond motifs is 2. The Hall–Kier alpha value is -2.92. The van der Waals surface area contributed by atoms with Crippen molar-refractivity contribution in [3.8, 4) is 0 Å². The molecular weight excluding hydrogens is 326 g/mol. The summed E-state index contributed by atoms with van der Waals surface area (Å²) in [7, 11) is 1.67. The van der Waals surface area contributed by atoms with Gasteiger partial charge in [0, 0.05) is 36.6 Å². The zero-order valence-corrected chi connectivity index (χ0v) is 14.7. The fraction of sp³-hybridized carbons (Fsp3) is 0.238. The Morgan fingerprint density at radius 2 is 1.88 bits per heavy atom. The van der Waals surface area contributed by atoms with E-state index in [4.69, 9.17) is 0 Å². The van der Waals surface area contributed by atoms with Crippen molar-refractivity contribution < 1.29 is 4.79 Å². The molecule has 0 bridgehead atoms. The molecule has 1 atom stereocenters. The van der Waals surface area contributed by atoms with Crippen molar-refractivity contribution in [2.24, 2.45) is 7.05 Å². The maximum atomic E-state index is 12.8. The number of hydrogen-bond donors (Lipinski definition) is 2. The van der Waals surface area contributed by atoms with E-state index in [0.717, 1.165) is 13.0 Å². The van der Waals surface area contributed by atoms with Crippen molar-refractivity contribution in [2.45, 2.75) is 12.5 Å². The lowest BCUT2D eigenvalue weighted by Crippen LogP contribution is -2.39. The quantitative estimate of drug-likeness (QED) is 0.763. The molecule has 3 aromatic rings. The first-order valence-corrected chi connectivity index (χ1v) is 8.83. The predicted octanol–water partition coefficient (Wildman–Crippen LogP) is 2.16. The van der Waals surface area contributed by atoms with Crippen molar-refractivity contribution in [1.29, 1.82) is 0 Å². The zero-order valence-electron chi connectivity index (χ0n) is 14.7. The highest BCUT2D eigenvalue weighted by Gasteiger charge is 2.20. The van der Waals surface area contributed by atoms with Crippen LogP contribution in [-0.2, 0) is 13.5 Å². The van der Waals surface area contributed by atoms with Crippen molar-refractivity contribution in [3.63, 3.8) is 0 Å². The second kappa shape index (κ2) is 6.77. The number of benzene rings is 2. The lowest BCUT2D eigenvalue weighted by molar-refractivity contribution is 0.0950. The standard InChI is InChI=1S/C21H21N3O2/c1-24-13-18(16-8-4-5-9-17(16)21(24)26)20(25)23-12-19-15-7-3-2-6-14(15)10-11-22-19/h2-9,13,19,22H,10-12H2,1H3,(H,23,25). The largest absolute Gasteiger partial charge is 0.350 e. The van der Waals surface area contributed by atoms with Gasteiger partial charge in [-0.1, -0.05) is 42.5 Å². The van der Waals surface area contributed by atoms with Gasteiger partial charge in [-0.3, -0.25) is 9.59 Å². The van der Waals surface area contributed by atoms with Crippen molar-refractivity contribution in [2.75, 3.05) is 13.1 Å². The summed E-state index contributed by atoms with van der Waals surface area (Å²) in [4.78, 5) is 25.1. The summed E-state index contributed by atoms with van der Waals surface area (Å²) in [6.07, 6.45) is 2.62. The van der Waals surface area contributed by atoms with Gasteiger partial charge in [0.05, 0.1) is 5.56 Å². The summed E-state index contributed by atoms with van der Waals surface area (Å²) < 4.78 is 1.46. The average molecular weight is 347 g/mol. The molecule has 5 nitrogen and oxygen atoms in total. The van der Waals surface area contributed by atoms with Crippen LogP contribution in [0.1, 0.15) is 27.5 Å². The zero-order chi connectivity index (χ0) is 18.1. The molecule has 0 spiro atoms. The molecule has 0 aliphatic carbocycles. The van der Waals surface area contributed by atoms with Crippen molar-refractivity contribution in [3.05, 3.63) is 81.8 Å². The third-order valence-electron chi connectivity index (χ3n) is 5.02. The first-order valence-electron chi connectivity index (χ1n) is 8.83. The number of hydrogen-bond acceptors (Lipinski definition) is 3. The van der Waals surface area contributed by atoms with Gasteiger partial charge >= 0.3 is 0 Å². The first kappa shape index (κ1) is 16.5. The van der Waals surface area contributed by atoms with E-state index in [9.17, 15) is 9.59 Å². The molecule has 0 fully saturated rings. The molecule has 4 rings (SSSR count). The van der Waals surface area contributed by atoms with E-state index < -0.39 is 0 Å². The normalized spacial score (nSPS) is 16.3. The molecule has 0 saturated carbocycles. The summed E-state index contributed by atoms with van der Waals surface area (Å²) in [6.45, 7) is 1.41. The van der Waals surface area contributed by atoms with Crippen LogP contribution in [0, 0.1) is 0 Å². The van der Waals surface area contributed by atoms with Gasteiger partial charge < -0.3 is 15.2 Å². The minimum atomic E-state index is -0.165. The summed E-state index contributed by atoms with van der Waals surface area (Å²) in [5, 5.41) is 7.75. The highest BCUT2D eigenvalue weighted by atomic mass is 16.2. The number of amides is 1. The fourth-order valence-electron chi connectivity index (χ4n) is 3.66. The topological polar surface area (TPSA) is 63.1 Å². The van der Waals surface area contributed by atoms with E-state index in [1.54, 1.807) is 19.3 Å². The number of aromatic nitrogens is 1. The van der Waals surface area contributed by atoms with Gasteiger partial charge in [-0.05, 0) is 30.2 Å². The molecule has 2 N–H and O–H groups in total. The van der Waals surface area contributed by atoms with Crippen LogP contribution in [-0.4, -0.2) is 23.6 Å². The Balaban J connectivity index is 1.60. The second-order valence-corrected chi connectivity index (χ2v) is 6.67. The highest BCUT2D eigenvalue weighted by Crippen LogP contribution is 2.22. The molecule has 5 heteroatoms. The van der Waals surface area contributed by atoms with E-state index in [0.29, 0.717) is 22.9 Å². The van der Waals surface area contributed by atoms with Crippen LogP contribution in [0.4, 0.5) is 0 Å². The first-order chi connectivity index (χ1) is 12.6. The van der Waals surface area contributed by atoms with E-state index in [1.165, 1.54) is 15.7 Å². The van der Waals surface area contributed by atoms with Gasteiger partial charge in [-0.25, -0.2) is 0 Å². The minimum absolute atomic E-state index is 0.0972. The third kappa shape index (κ3) is 2.91. The summed E-state index contributed by atoms with van der Waals surface area (Å²) >= 11 is 0. The lowest BCUT2D eigenvalue weighted by Gasteiger charge is -2.27. The van der Waals surface area contributed by atoms with E-state index in [-0.39, 0.29) is 17.5 Å². The van der Waals surface area contributed by atoms with Crippen LogP contribution in [0.25, 0.3) is 10.8 Å². The van der Waals surface area contributed by atoms with Crippen LogP contribution in [0.15, 0.2) is 59.5 Å². The van der Waals surface area contributed by atoms with Gasteiger partial charge in [0.25, 0.3) is 11.5 Å².